The fourth-order valence-electron chi connectivity index (χ4n) is 1.36. The topological polar surface area (TPSA) is 110 Å². The second-order valence-electron chi connectivity index (χ2n) is 3.46. The number of hydrogen-bond donors (Lipinski definition) is 3. The lowest BCUT2D eigenvalue weighted by Gasteiger charge is -2.05. The van der Waals surface area contributed by atoms with E-state index in [0.717, 1.165) is 5.82 Å². The summed E-state index contributed by atoms with van der Waals surface area (Å²) in [5, 5.41) is 7.37. The average molecular weight is 264 g/mol. The number of nitrogens with two attached hydrogens (primary N) is 1. The quantitative estimate of drug-likeness (QED) is 0.319. The van der Waals surface area contributed by atoms with E-state index in [1.807, 2.05) is 6.92 Å². The Morgan fingerprint density at radius 1 is 1.61 bits per heavy atom. The van der Waals surface area contributed by atoms with Crippen molar-refractivity contribution >= 4 is 17.7 Å². The molecule has 0 spiro atoms. The first-order valence-corrected chi connectivity index (χ1v) is 6.16. The fraction of sp³-hybridized carbons (Fsp3) is 0.200. The van der Waals surface area contributed by atoms with E-state index in [1.54, 1.807) is 18.3 Å². The van der Waals surface area contributed by atoms with Crippen molar-refractivity contribution in [2.75, 3.05) is 0 Å². The van der Waals surface area contributed by atoms with E-state index in [4.69, 9.17) is 5.84 Å². The molecule has 0 saturated carbocycles. The number of H-pyrrole nitrogens is 1. The number of thioether (sulfide) groups is 1. The van der Waals surface area contributed by atoms with Crippen LogP contribution >= 0.6 is 11.8 Å². The standard InChI is InChI=1S/C10H12N6OS/c1-6-13-10(16-15-6)18-5-8-7(9(17)14-11)3-2-4-12-8/h2-4H,5,11H2,1H3,(H,14,17)(H,13,15,16). The molecule has 0 bridgehead atoms. The average Bonchev–Trinajstić information content (AvgIpc) is 2.81. The van der Waals surface area contributed by atoms with Crippen LogP contribution in [0.5, 0.6) is 0 Å². The molecule has 7 nitrogen and oxygen atoms in total. The van der Waals surface area contributed by atoms with E-state index in [-0.39, 0.29) is 5.91 Å². The normalized spacial score (nSPS) is 10.3. The van der Waals surface area contributed by atoms with Gasteiger partial charge >= 0.3 is 0 Å². The van der Waals surface area contributed by atoms with Crippen LogP contribution in [-0.2, 0) is 5.75 Å². The summed E-state index contributed by atoms with van der Waals surface area (Å²) in [5.74, 6) is 6.01. The molecule has 0 radical (unpaired) electrons. The van der Waals surface area contributed by atoms with Gasteiger partial charge in [-0.1, -0.05) is 11.8 Å². The molecule has 2 rings (SSSR count). The van der Waals surface area contributed by atoms with Crippen LogP contribution in [0, 0.1) is 6.92 Å². The number of aryl methyl sites for hydroxylation is 1. The Bertz CT molecular complexity index is 555. The van der Waals surface area contributed by atoms with Crippen LogP contribution in [0.3, 0.4) is 0 Å². The first kappa shape index (κ1) is 12.5. The van der Waals surface area contributed by atoms with Gasteiger partial charge in [-0.2, -0.15) is 0 Å². The van der Waals surface area contributed by atoms with Crippen LogP contribution < -0.4 is 11.3 Å². The third-order valence-corrected chi connectivity index (χ3v) is 3.04. The summed E-state index contributed by atoms with van der Waals surface area (Å²) in [6.45, 7) is 1.82. The summed E-state index contributed by atoms with van der Waals surface area (Å²) < 4.78 is 0. The predicted octanol–water partition coefficient (Wildman–Crippen LogP) is 0.404. The number of aromatic amines is 1. The minimum atomic E-state index is -0.357. The van der Waals surface area contributed by atoms with Crippen molar-refractivity contribution in [2.45, 2.75) is 17.8 Å². The highest BCUT2D eigenvalue weighted by Crippen LogP contribution is 2.19. The molecular formula is C10H12N6OS. The van der Waals surface area contributed by atoms with Gasteiger partial charge in [0.05, 0.1) is 11.3 Å². The van der Waals surface area contributed by atoms with Crippen LogP contribution in [0.15, 0.2) is 23.5 Å². The Balaban J connectivity index is 2.11. The number of hydrazine groups is 1. The van der Waals surface area contributed by atoms with Gasteiger partial charge in [0.2, 0.25) is 5.16 Å². The van der Waals surface area contributed by atoms with Gasteiger partial charge in [0.25, 0.3) is 5.91 Å². The number of rotatable bonds is 4. The van der Waals surface area contributed by atoms with E-state index >= 15 is 0 Å². The highest BCUT2D eigenvalue weighted by molar-refractivity contribution is 7.98. The minimum Gasteiger partial charge on any atom is -0.290 e. The molecule has 0 aliphatic rings. The Morgan fingerprint density at radius 2 is 2.44 bits per heavy atom. The lowest BCUT2D eigenvalue weighted by atomic mass is 10.2. The van der Waals surface area contributed by atoms with E-state index in [9.17, 15) is 4.79 Å². The number of carbonyl (C=O) groups excluding carboxylic acids is 1. The van der Waals surface area contributed by atoms with Crippen LogP contribution in [-0.4, -0.2) is 26.1 Å². The van der Waals surface area contributed by atoms with E-state index < -0.39 is 0 Å². The molecule has 4 N–H and O–H groups in total. The molecule has 1 amide bonds. The summed E-state index contributed by atoms with van der Waals surface area (Å²) in [6.07, 6.45) is 1.63. The van der Waals surface area contributed by atoms with Gasteiger partial charge in [-0.25, -0.2) is 10.8 Å². The highest BCUT2D eigenvalue weighted by atomic mass is 32.2. The molecule has 2 aromatic rings. The third-order valence-electron chi connectivity index (χ3n) is 2.18. The van der Waals surface area contributed by atoms with E-state index in [0.29, 0.717) is 22.2 Å². The summed E-state index contributed by atoms with van der Waals surface area (Å²) in [7, 11) is 0. The van der Waals surface area contributed by atoms with Crippen molar-refractivity contribution in [3.05, 3.63) is 35.4 Å². The molecular weight excluding hydrogens is 252 g/mol. The summed E-state index contributed by atoms with van der Waals surface area (Å²) in [6, 6.07) is 3.37. The van der Waals surface area contributed by atoms with Gasteiger partial charge in [-0.05, 0) is 19.1 Å². The van der Waals surface area contributed by atoms with Crippen LogP contribution in [0.1, 0.15) is 21.9 Å². The Morgan fingerprint density at radius 3 is 3.11 bits per heavy atom. The number of nitrogens with zero attached hydrogens (tertiary/aromatic N) is 3. The second-order valence-corrected chi connectivity index (χ2v) is 4.41. The van der Waals surface area contributed by atoms with Gasteiger partial charge in [-0.15, -0.1) is 5.10 Å². The molecule has 0 unspecified atom stereocenters. The molecule has 0 aromatic carbocycles. The first-order chi connectivity index (χ1) is 8.70. The molecule has 0 aliphatic carbocycles. The lowest BCUT2D eigenvalue weighted by molar-refractivity contribution is 0.0952. The van der Waals surface area contributed by atoms with Gasteiger partial charge < -0.3 is 0 Å². The molecule has 94 valence electrons. The highest BCUT2D eigenvalue weighted by Gasteiger charge is 2.12. The number of pyridine rings is 1. The van der Waals surface area contributed by atoms with Gasteiger partial charge in [-0.3, -0.25) is 20.3 Å². The Labute approximate surface area is 108 Å². The van der Waals surface area contributed by atoms with Crippen molar-refractivity contribution in [3.63, 3.8) is 0 Å². The van der Waals surface area contributed by atoms with Gasteiger partial charge in [0.1, 0.15) is 5.82 Å². The number of hydrogen-bond acceptors (Lipinski definition) is 6. The van der Waals surface area contributed by atoms with Gasteiger partial charge in [0.15, 0.2) is 0 Å². The maximum atomic E-state index is 11.5. The maximum Gasteiger partial charge on any atom is 0.267 e. The summed E-state index contributed by atoms with van der Waals surface area (Å²) in [5.41, 5.74) is 3.20. The zero-order valence-corrected chi connectivity index (χ0v) is 10.5. The first-order valence-electron chi connectivity index (χ1n) is 5.17. The van der Waals surface area contributed by atoms with Crippen molar-refractivity contribution in [3.8, 4) is 0 Å². The van der Waals surface area contributed by atoms with Crippen LogP contribution in [0.2, 0.25) is 0 Å². The maximum absolute atomic E-state index is 11.5. The second kappa shape index (κ2) is 5.61. The molecule has 8 heteroatoms. The summed E-state index contributed by atoms with van der Waals surface area (Å²) in [4.78, 5) is 19.9. The van der Waals surface area contributed by atoms with Gasteiger partial charge in [0, 0.05) is 11.9 Å². The van der Waals surface area contributed by atoms with Crippen LogP contribution in [0.25, 0.3) is 0 Å². The van der Waals surface area contributed by atoms with Crippen molar-refractivity contribution < 1.29 is 4.79 Å². The molecule has 2 aromatic heterocycles. The smallest absolute Gasteiger partial charge is 0.267 e. The largest absolute Gasteiger partial charge is 0.290 e. The zero-order chi connectivity index (χ0) is 13.0. The summed E-state index contributed by atoms with van der Waals surface area (Å²) >= 11 is 1.40. The number of carbonyl (C=O) groups is 1. The van der Waals surface area contributed by atoms with Crippen LogP contribution in [0.4, 0.5) is 0 Å². The third kappa shape index (κ3) is 2.84. The van der Waals surface area contributed by atoms with E-state index in [1.165, 1.54) is 11.8 Å². The number of aromatic nitrogens is 4. The molecule has 0 saturated heterocycles. The Hall–Kier alpha value is -1.93. The fourth-order valence-corrected chi connectivity index (χ4v) is 2.16. The van der Waals surface area contributed by atoms with E-state index in [2.05, 4.69) is 25.6 Å². The number of nitrogen functional groups attached to an aromatic ring is 1. The monoisotopic (exact) mass is 264 g/mol. The minimum absolute atomic E-state index is 0.357. The number of nitrogens with one attached hydrogen (secondary N) is 2. The molecule has 18 heavy (non-hydrogen) atoms. The molecule has 0 aliphatic heterocycles. The zero-order valence-electron chi connectivity index (χ0n) is 9.67. The SMILES string of the molecule is Cc1nc(SCc2ncccc2C(=O)NN)n[nH]1. The Kier molecular flexibility index (Phi) is 3.90. The van der Waals surface area contributed by atoms with Crippen molar-refractivity contribution in [2.24, 2.45) is 5.84 Å². The molecule has 0 fully saturated rings. The van der Waals surface area contributed by atoms with Crippen molar-refractivity contribution in [1.29, 1.82) is 0 Å². The van der Waals surface area contributed by atoms with Crippen molar-refractivity contribution in [1.82, 2.24) is 25.6 Å². The molecule has 0 atom stereocenters. The number of amides is 1. The molecule has 2 heterocycles. The lowest BCUT2D eigenvalue weighted by Crippen LogP contribution is -2.30. The predicted molar refractivity (Wildman–Crippen MR) is 66.6 cm³/mol.